The summed E-state index contributed by atoms with van der Waals surface area (Å²) in [6, 6.07) is 4.00. The van der Waals surface area contributed by atoms with Gasteiger partial charge in [0.25, 0.3) is 5.56 Å². The largest absolute Gasteiger partial charge is 0.283 e. The van der Waals surface area contributed by atoms with E-state index in [0.29, 0.717) is 12.5 Å². The van der Waals surface area contributed by atoms with E-state index in [4.69, 9.17) is 4.98 Å². The van der Waals surface area contributed by atoms with Gasteiger partial charge < -0.3 is 0 Å². The maximum atomic E-state index is 13.3. The molecule has 3 aromatic heterocycles. The Bertz CT molecular complexity index is 1040. The number of allylic oxidation sites excluding steroid dienone is 1. The van der Waals surface area contributed by atoms with Crippen molar-refractivity contribution >= 4 is 33.3 Å². The summed E-state index contributed by atoms with van der Waals surface area (Å²) in [7, 11) is 0. The number of thioether (sulfide) groups is 1. The number of aromatic nitrogens is 3. The molecule has 6 heteroatoms. The second kappa shape index (κ2) is 7.60. The third-order valence-electron chi connectivity index (χ3n) is 5.13. The van der Waals surface area contributed by atoms with Gasteiger partial charge in [0.05, 0.1) is 5.39 Å². The zero-order valence-electron chi connectivity index (χ0n) is 15.6. The van der Waals surface area contributed by atoms with Crippen LogP contribution in [0.25, 0.3) is 10.2 Å². The minimum absolute atomic E-state index is 0.0767. The van der Waals surface area contributed by atoms with Crippen molar-refractivity contribution in [1.82, 2.24) is 14.5 Å². The van der Waals surface area contributed by atoms with Crippen LogP contribution in [0, 0.1) is 5.92 Å². The lowest BCUT2D eigenvalue weighted by atomic mass is 9.89. The fourth-order valence-corrected chi connectivity index (χ4v) is 6.08. The molecule has 0 aromatic carbocycles. The molecule has 0 aliphatic heterocycles. The van der Waals surface area contributed by atoms with Crippen LogP contribution in [0.1, 0.15) is 41.5 Å². The zero-order chi connectivity index (χ0) is 19.0. The van der Waals surface area contributed by atoms with Gasteiger partial charge in [-0.3, -0.25) is 14.3 Å². The predicted octanol–water partition coefficient (Wildman–Crippen LogP) is 5.02. The number of hydrogen-bond donors (Lipinski definition) is 0. The maximum absolute atomic E-state index is 13.3. The standard InChI is InChI=1S/C21H23N3OS2/c1-4-10-24-20(25)18-16-8-7-13(2)11-17(16)27-19(18)23-21(24)26-14(3)15-6-5-9-22-12-15/h4-6,9,12-14H,1,7-8,10-11H2,2-3H3/t13-,14+/m0/s1. The van der Waals surface area contributed by atoms with Crippen molar-refractivity contribution in [3.63, 3.8) is 0 Å². The third kappa shape index (κ3) is 3.48. The molecule has 1 aliphatic carbocycles. The molecule has 0 radical (unpaired) electrons. The predicted molar refractivity (Wildman–Crippen MR) is 114 cm³/mol. The Kier molecular flexibility index (Phi) is 5.19. The molecule has 3 heterocycles. The van der Waals surface area contributed by atoms with Gasteiger partial charge in [0.1, 0.15) is 4.83 Å². The Morgan fingerprint density at radius 1 is 1.52 bits per heavy atom. The van der Waals surface area contributed by atoms with Gasteiger partial charge >= 0.3 is 0 Å². The van der Waals surface area contributed by atoms with Crippen molar-refractivity contribution in [2.24, 2.45) is 5.92 Å². The van der Waals surface area contributed by atoms with E-state index in [1.54, 1.807) is 39.9 Å². The number of thiophene rings is 1. The summed E-state index contributed by atoms with van der Waals surface area (Å²) in [4.78, 5) is 24.7. The molecule has 4 nitrogen and oxygen atoms in total. The van der Waals surface area contributed by atoms with Crippen LogP contribution in [0.2, 0.25) is 0 Å². The van der Waals surface area contributed by atoms with E-state index in [9.17, 15) is 4.79 Å². The molecule has 0 saturated heterocycles. The Morgan fingerprint density at radius 3 is 3.11 bits per heavy atom. The number of fused-ring (bicyclic) bond motifs is 3. The van der Waals surface area contributed by atoms with Crippen LogP contribution in [0.4, 0.5) is 0 Å². The van der Waals surface area contributed by atoms with E-state index >= 15 is 0 Å². The summed E-state index contributed by atoms with van der Waals surface area (Å²) in [5.74, 6) is 0.681. The lowest BCUT2D eigenvalue weighted by Gasteiger charge is -2.18. The van der Waals surface area contributed by atoms with Gasteiger partial charge in [-0.05, 0) is 49.3 Å². The lowest BCUT2D eigenvalue weighted by Crippen LogP contribution is -2.23. The summed E-state index contributed by atoms with van der Waals surface area (Å²) in [6.45, 7) is 8.72. The first-order chi connectivity index (χ1) is 13.1. The lowest BCUT2D eigenvalue weighted by molar-refractivity contribution is 0.509. The Morgan fingerprint density at radius 2 is 2.37 bits per heavy atom. The third-order valence-corrected chi connectivity index (χ3v) is 7.42. The number of nitrogens with zero attached hydrogens (tertiary/aromatic N) is 3. The monoisotopic (exact) mass is 397 g/mol. The topological polar surface area (TPSA) is 47.8 Å². The van der Waals surface area contributed by atoms with Crippen molar-refractivity contribution in [1.29, 1.82) is 0 Å². The summed E-state index contributed by atoms with van der Waals surface area (Å²) in [5, 5.41) is 1.76. The first-order valence-electron chi connectivity index (χ1n) is 9.31. The normalized spacial score (nSPS) is 17.6. The second-order valence-corrected chi connectivity index (χ2v) is 9.57. The highest BCUT2D eigenvalue weighted by Crippen LogP contribution is 2.38. The molecule has 27 heavy (non-hydrogen) atoms. The van der Waals surface area contributed by atoms with E-state index in [1.165, 1.54) is 10.4 Å². The molecular formula is C21H23N3OS2. The Hall–Kier alpha value is -1.92. The van der Waals surface area contributed by atoms with E-state index in [-0.39, 0.29) is 10.8 Å². The van der Waals surface area contributed by atoms with Gasteiger partial charge in [-0.15, -0.1) is 17.9 Å². The minimum Gasteiger partial charge on any atom is -0.283 e. The summed E-state index contributed by atoms with van der Waals surface area (Å²) < 4.78 is 1.78. The molecule has 0 fully saturated rings. The van der Waals surface area contributed by atoms with Crippen LogP contribution in [0.5, 0.6) is 0 Å². The van der Waals surface area contributed by atoms with E-state index in [1.807, 2.05) is 12.3 Å². The molecule has 3 aromatic rings. The molecular weight excluding hydrogens is 374 g/mol. The fraction of sp³-hybridized carbons (Fsp3) is 0.381. The second-order valence-electron chi connectivity index (χ2n) is 7.18. The molecule has 140 valence electrons. The van der Waals surface area contributed by atoms with Crippen molar-refractivity contribution in [2.75, 3.05) is 0 Å². The molecule has 0 saturated carbocycles. The molecule has 1 aliphatic rings. The van der Waals surface area contributed by atoms with Gasteiger partial charge in [-0.25, -0.2) is 4.98 Å². The summed E-state index contributed by atoms with van der Waals surface area (Å²) in [6.07, 6.45) is 8.61. The van der Waals surface area contributed by atoms with E-state index in [2.05, 4.69) is 31.5 Å². The van der Waals surface area contributed by atoms with Crippen molar-refractivity contribution < 1.29 is 0 Å². The molecule has 4 rings (SSSR count). The highest BCUT2D eigenvalue weighted by atomic mass is 32.2. The van der Waals surface area contributed by atoms with Crippen molar-refractivity contribution in [2.45, 2.75) is 50.1 Å². The quantitative estimate of drug-likeness (QED) is 0.345. The maximum Gasteiger partial charge on any atom is 0.263 e. The SMILES string of the molecule is C=CCn1c(S[C@H](C)c2cccnc2)nc2sc3c(c2c1=O)CC[C@H](C)C3. The number of rotatable bonds is 5. The highest BCUT2D eigenvalue weighted by molar-refractivity contribution is 7.99. The van der Waals surface area contributed by atoms with Crippen LogP contribution in [0.15, 0.2) is 47.1 Å². The smallest absolute Gasteiger partial charge is 0.263 e. The fourth-order valence-electron chi connectivity index (χ4n) is 3.63. The minimum atomic E-state index is 0.0767. The zero-order valence-corrected chi connectivity index (χ0v) is 17.3. The summed E-state index contributed by atoms with van der Waals surface area (Å²) >= 11 is 3.32. The van der Waals surface area contributed by atoms with Gasteiger partial charge in [0, 0.05) is 29.1 Å². The average molecular weight is 398 g/mol. The molecule has 0 bridgehead atoms. The van der Waals surface area contributed by atoms with Crippen LogP contribution in [-0.2, 0) is 19.4 Å². The first-order valence-corrected chi connectivity index (χ1v) is 11.0. The van der Waals surface area contributed by atoms with Crippen molar-refractivity contribution in [3.05, 3.63) is 63.5 Å². The molecule has 0 spiro atoms. The number of pyridine rings is 1. The Balaban J connectivity index is 1.81. The highest BCUT2D eigenvalue weighted by Gasteiger charge is 2.25. The molecule has 0 N–H and O–H groups in total. The van der Waals surface area contributed by atoms with Crippen molar-refractivity contribution in [3.8, 4) is 0 Å². The van der Waals surface area contributed by atoms with Crippen LogP contribution in [0.3, 0.4) is 0 Å². The van der Waals surface area contributed by atoms with Crippen LogP contribution >= 0.6 is 23.1 Å². The van der Waals surface area contributed by atoms with Gasteiger partial charge in [-0.1, -0.05) is 30.8 Å². The van der Waals surface area contributed by atoms with Gasteiger partial charge in [-0.2, -0.15) is 0 Å². The number of hydrogen-bond acceptors (Lipinski definition) is 5. The van der Waals surface area contributed by atoms with Crippen LogP contribution < -0.4 is 5.56 Å². The average Bonchev–Trinajstić information content (AvgIpc) is 3.02. The molecule has 0 amide bonds. The molecule has 2 atom stereocenters. The van der Waals surface area contributed by atoms with E-state index in [0.717, 1.165) is 40.2 Å². The summed E-state index contributed by atoms with van der Waals surface area (Å²) in [5.41, 5.74) is 2.44. The van der Waals surface area contributed by atoms with Crippen LogP contribution in [-0.4, -0.2) is 14.5 Å². The van der Waals surface area contributed by atoms with Gasteiger partial charge in [0.2, 0.25) is 0 Å². The van der Waals surface area contributed by atoms with Gasteiger partial charge in [0.15, 0.2) is 5.16 Å². The number of aryl methyl sites for hydroxylation is 1. The van der Waals surface area contributed by atoms with E-state index < -0.39 is 0 Å². The molecule has 0 unspecified atom stereocenters. The Labute approximate surface area is 167 Å². The first kappa shape index (κ1) is 18.4.